The summed E-state index contributed by atoms with van der Waals surface area (Å²) in [6.45, 7) is 1.47. The molecule has 0 bridgehead atoms. The lowest BCUT2D eigenvalue weighted by molar-refractivity contribution is -0.139. The number of rotatable bonds is 2. The molecule has 4 heteroatoms. The van der Waals surface area contributed by atoms with Crippen molar-refractivity contribution in [1.82, 2.24) is 0 Å². The predicted molar refractivity (Wildman–Crippen MR) is 65.0 cm³/mol. The fourth-order valence-corrected chi connectivity index (χ4v) is 1.35. The van der Waals surface area contributed by atoms with Crippen LogP contribution in [-0.4, -0.2) is 18.9 Å². The molecule has 0 amide bonds. The fraction of sp³-hybridized carbons (Fsp3) is 0.231. The first kappa shape index (κ1) is 13.3. The highest BCUT2D eigenvalue weighted by molar-refractivity contribution is 6.32. The molecule has 0 aromatic heterocycles. The van der Waals surface area contributed by atoms with Gasteiger partial charge < -0.3 is 4.74 Å². The van der Waals surface area contributed by atoms with E-state index in [0.717, 1.165) is 0 Å². The topological polar surface area (TPSA) is 43.4 Å². The van der Waals surface area contributed by atoms with Crippen LogP contribution in [0.2, 0.25) is 5.02 Å². The number of halogens is 1. The Morgan fingerprint density at radius 3 is 2.65 bits per heavy atom. The van der Waals surface area contributed by atoms with Crippen molar-refractivity contribution < 1.29 is 14.3 Å². The number of carbonyl (C=O) groups excluding carboxylic acids is 2. The molecule has 1 aromatic rings. The molecule has 3 nitrogen and oxygen atoms in total. The Bertz CT molecular complexity index is 509. The molecular weight excluding hydrogens is 240 g/mol. The van der Waals surface area contributed by atoms with E-state index in [-0.39, 0.29) is 12.2 Å². The summed E-state index contributed by atoms with van der Waals surface area (Å²) in [5, 5.41) is 0.398. The van der Waals surface area contributed by atoms with Crippen LogP contribution in [0.1, 0.15) is 29.3 Å². The van der Waals surface area contributed by atoms with Crippen LogP contribution in [0.5, 0.6) is 0 Å². The maximum atomic E-state index is 11.1. The van der Waals surface area contributed by atoms with Gasteiger partial charge in [-0.15, -0.1) is 0 Å². The first-order valence-corrected chi connectivity index (χ1v) is 5.28. The Kier molecular flexibility index (Phi) is 4.74. The lowest BCUT2D eigenvalue weighted by atomic mass is 10.1. The molecule has 0 unspecified atom stereocenters. The second-order valence-electron chi connectivity index (χ2n) is 3.31. The molecule has 0 aliphatic heterocycles. The maximum absolute atomic E-state index is 11.1. The van der Waals surface area contributed by atoms with E-state index in [1.54, 1.807) is 18.2 Å². The summed E-state index contributed by atoms with van der Waals surface area (Å²) < 4.78 is 4.45. The Balaban J connectivity index is 2.86. The van der Waals surface area contributed by atoms with E-state index in [2.05, 4.69) is 16.6 Å². The van der Waals surface area contributed by atoms with Crippen molar-refractivity contribution in [3.05, 3.63) is 34.3 Å². The van der Waals surface area contributed by atoms with Crippen LogP contribution in [0.15, 0.2) is 18.2 Å². The van der Waals surface area contributed by atoms with Gasteiger partial charge in [-0.05, 0) is 19.1 Å². The summed E-state index contributed by atoms with van der Waals surface area (Å²) in [4.78, 5) is 21.9. The lowest BCUT2D eigenvalue weighted by Crippen LogP contribution is -1.97. The number of methoxy groups -OCH3 is 1. The standard InChI is InChI=1S/C13H11ClO3/c1-9(15)11-7-6-10(12(14)8-11)4-3-5-13(16)17-2/h6-8H,5H2,1-2H3. The highest BCUT2D eigenvalue weighted by Gasteiger charge is 2.03. The van der Waals surface area contributed by atoms with Crippen molar-refractivity contribution in [3.63, 3.8) is 0 Å². The van der Waals surface area contributed by atoms with Gasteiger partial charge >= 0.3 is 5.97 Å². The van der Waals surface area contributed by atoms with E-state index in [9.17, 15) is 9.59 Å². The molecule has 0 N–H and O–H groups in total. The molecule has 1 rings (SSSR count). The number of hydrogen-bond donors (Lipinski definition) is 0. The van der Waals surface area contributed by atoms with Crippen molar-refractivity contribution in [2.24, 2.45) is 0 Å². The van der Waals surface area contributed by atoms with Crippen molar-refractivity contribution in [3.8, 4) is 11.8 Å². The zero-order chi connectivity index (χ0) is 12.8. The van der Waals surface area contributed by atoms with Gasteiger partial charge in [0.25, 0.3) is 0 Å². The van der Waals surface area contributed by atoms with Gasteiger partial charge in [0.05, 0.1) is 12.1 Å². The van der Waals surface area contributed by atoms with Crippen LogP contribution in [0.3, 0.4) is 0 Å². The number of benzene rings is 1. The minimum absolute atomic E-state index is 0.0152. The number of hydrogen-bond acceptors (Lipinski definition) is 3. The van der Waals surface area contributed by atoms with Gasteiger partial charge in [0.1, 0.15) is 6.42 Å². The Morgan fingerprint density at radius 1 is 1.41 bits per heavy atom. The molecule has 1 aromatic carbocycles. The number of ether oxygens (including phenoxy) is 1. The third-order valence-electron chi connectivity index (χ3n) is 2.06. The lowest BCUT2D eigenvalue weighted by Gasteiger charge is -1.99. The summed E-state index contributed by atoms with van der Waals surface area (Å²) >= 11 is 5.95. The Labute approximate surface area is 105 Å². The van der Waals surface area contributed by atoms with Crippen LogP contribution >= 0.6 is 11.6 Å². The molecule has 0 atom stereocenters. The Morgan fingerprint density at radius 2 is 2.12 bits per heavy atom. The quantitative estimate of drug-likeness (QED) is 0.460. The van der Waals surface area contributed by atoms with E-state index in [1.165, 1.54) is 14.0 Å². The van der Waals surface area contributed by atoms with Gasteiger partial charge in [-0.25, -0.2) is 0 Å². The van der Waals surface area contributed by atoms with E-state index < -0.39 is 5.97 Å². The van der Waals surface area contributed by atoms with Crippen molar-refractivity contribution in [2.75, 3.05) is 7.11 Å². The average molecular weight is 251 g/mol. The molecule has 0 fully saturated rings. The van der Waals surface area contributed by atoms with Crippen LogP contribution < -0.4 is 0 Å². The smallest absolute Gasteiger partial charge is 0.317 e. The van der Waals surface area contributed by atoms with Gasteiger partial charge in [0, 0.05) is 11.1 Å². The summed E-state index contributed by atoms with van der Waals surface area (Å²) in [5.41, 5.74) is 1.12. The highest BCUT2D eigenvalue weighted by Crippen LogP contribution is 2.17. The molecular formula is C13H11ClO3. The zero-order valence-electron chi connectivity index (χ0n) is 9.54. The molecule has 17 heavy (non-hydrogen) atoms. The summed E-state index contributed by atoms with van der Waals surface area (Å²) in [5.74, 6) is 4.95. The molecule has 0 aliphatic carbocycles. The Hall–Kier alpha value is -1.79. The second-order valence-corrected chi connectivity index (χ2v) is 3.71. The normalized spacial score (nSPS) is 9.12. The van der Waals surface area contributed by atoms with Gasteiger partial charge in [0.2, 0.25) is 0 Å². The average Bonchev–Trinajstić information content (AvgIpc) is 2.30. The largest absolute Gasteiger partial charge is 0.468 e. The van der Waals surface area contributed by atoms with E-state index >= 15 is 0 Å². The summed E-state index contributed by atoms with van der Waals surface area (Å²) in [6, 6.07) is 4.87. The number of ketones is 1. The third-order valence-corrected chi connectivity index (χ3v) is 2.37. The second kappa shape index (κ2) is 6.07. The maximum Gasteiger partial charge on any atom is 0.317 e. The van der Waals surface area contributed by atoms with Gasteiger partial charge in [-0.1, -0.05) is 29.5 Å². The van der Waals surface area contributed by atoms with Crippen LogP contribution in [0, 0.1) is 11.8 Å². The van der Waals surface area contributed by atoms with E-state index in [1.807, 2.05) is 0 Å². The summed E-state index contributed by atoms with van der Waals surface area (Å²) in [7, 11) is 1.30. The van der Waals surface area contributed by atoms with Crippen molar-refractivity contribution in [1.29, 1.82) is 0 Å². The molecule has 0 saturated carbocycles. The van der Waals surface area contributed by atoms with E-state index in [0.29, 0.717) is 16.1 Å². The zero-order valence-corrected chi connectivity index (χ0v) is 10.3. The highest BCUT2D eigenvalue weighted by atomic mass is 35.5. The third kappa shape index (κ3) is 3.93. The molecule has 0 heterocycles. The molecule has 0 aliphatic rings. The van der Waals surface area contributed by atoms with Crippen LogP contribution in [0.4, 0.5) is 0 Å². The first-order chi connectivity index (χ1) is 8.04. The predicted octanol–water partition coefficient (Wildman–Crippen LogP) is 2.46. The minimum Gasteiger partial charge on any atom is -0.468 e. The number of Topliss-reactive ketones (excluding diaryl/α,β-unsaturated/α-hetero) is 1. The van der Waals surface area contributed by atoms with E-state index in [4.69, 9.17) is 11.6 Å². The van der Waals surface area contributed by atoms with Crippen molar-refractivity contribution >= 4 is 23.4 Å². The van der Waals surface area contributed by atoms with Gasteiger partial charge in [-0.2, -0.15) is 0 Å². The van der Waals surface area contributed by atoms with Crippen LogP contribution in [0.25, 0.3) is 0 Å². The van der Waals surface area contributed by atoms with Gasteiger partial charge in [-0.3, -0.25) is 9.59 Å². The SMILES string of the molecule is COC(=O)CC#Cc1ccc(C(C)=O)cc1Cl. The molecule has 0 radical (unpaired) electrons. The fourth-order valence-electron chi connectivity index (χ4n) is 1.12. The van der Waals surface area contributed by atoms with Gasteiger partial charge in [0.15, 0.2) is 5.78 Å². The van der Waals surface area contributed by atoms with Crippen LogP contribution in [-0.2, 0) is 9.53 Å². The number of esters is 1. The summed E-state index contributed by atoms with van der Waals surface area (Å²) in [6.07, 6.45) is 0.0152. The van der Waals surface area contributed by atoms with Crippen molar-refractivity contribution in [2.45, 2.75) is 13.3 Å². The minimum atomic E-state index is -0.394. The molecule has 88 valence electrons. The first-order valence-electron chi connectivity index (χ1n) is 4.90. The molecule has 0 spiro atoms. The molecule has 0 saturated heterocycles. The monoisotopic (exact) mass is 250 g/mol. The number of carbonyl (C=O) groups is 2.